The molecule has 6 nitrogen and oxygen atoms in total. The van der Waals surface area contributed by atoms with Crippen LogP contribution < -0.4 is 4.90 Å². The molecule has 39 heavy (non-hydrogen) atoms. The van der Waals surface area contributed by atoms with Crippen molar-refractivity contribution in [3.05, 3.63) is 111 Å². The van der Waals surface area contributed by atoms with Gasteiger partial charge >= 0.3 is 0 Å². The predicted molar refractivity (Wildman–Crippen MR) is 162 cm³/mol. The Morgan fingerprint density at radius 2 is 1.44 bits per heavy atom. The minimum absolute atomic E-state index is 0.0330. The van der Waals surface area contributed by atoms with E-state index in [0.29, 0.717) is 49.3 Å². The molecule has 204 valence electrons. The number of thiol groups is 1. The van der Waals surface area contributed by atoms with Gasteiger partial charge in [0.2, 0.25) is 0 Å². The van der Waals surface area contributed by atoms with Crippen LogP contribution >= 0.6 is 35.8 Å². The van der Waals surface area contributed by atoms with Crippen LogP contribution in [0, 0.1) is 0 Å². The lowest BCUT2D eigenvalue weighted by molar-refractivity contribution is 0.202. The molecule has 0 unspecified atom stereocenters. The SMILES string of the molecule is O=C(S)N1CCN(c2cccc(CS(=O)(=O)C=C3CN(C(c4ccc(Cl)cc4)c4ccc(Cl)cc4)C3)c2)CC1. The molecule has 0 atom stereocenters. The molecule has 2 aliphatic heterocycles. The van der Waals surface area contributed by atoms with E-state index in [1.807, 2.05) is 72.8 Å². The second-order valence-electron chi connectivity index (χ2n) is 9.92. The summed E-state index contributed by atoms with van der Waals surface area (Å²) in [5, 5.41) is 2.56. The average Bonchev–Trinajstić information content (AvgIpc) is 2.89. The average molecular weight is 603 g/mol. The van der Waals surface area contributed by atoms with Gasteiger partial charge in [-0.05, 0) is 58.7 Å². The van der Waals surface area contributed by atoms with Crippen molar-refractivity contribution in [2.45, 2.75) is 11.8 Å². The number of rotatable bonds is 7. The highest BCUT2D eigenvalue weighted by atomic mass is 35.5. The van der Waals surface area contributed by atoms with Crippen molar-refractivity contribution in [1.29, 1.82) is 0 Å². The summed E-state index contributed by atoms with van der Waals surface area (Å²) in [5.74, 6) is -0.0583. The molecule has 0 aromatic heterocycles. The standard InChI is InChI=1S/C29H29Cl2N3O3S2/c30-25-8-4-23(5-9-25)28(24-6-10-26(31)11-7-24)34-17-22(18-34)20-39(36,37)19-21-2-1-3-27(16-21)32-12-14-33(15-13-32)29(35)38/h1-11,16,20,28H,12-15,17-19H2,(H,35,38). The van der Waals surface area contributed by atoms with E-state index in [9.17, 15) is 13.2 Å². The molecule has 0 N–H and O–H groups in total. The molecule has 3 aromatic carbocycles. The van der Waals surface area contributed by atoms with E-state index >= 15 is 0 Å². The lowest BCUT2D eigenvalue weighted by Crippen LogP contribution is -2.47. The van der Waals surface area contributed by atoms with Crippen molar-refractivity contribution in [2.24, 2.45) is 0 Å². The number of anilines is 1. The molecule has 0 saturated carbocycles. The van der Waals surface area contributed by atoms with Gasteiger partial charge in [0.15, 0.2) is 9.84 Å². The molecule has 1 amide bonds. The van der Waals surface area contributed by atoms with Gasteiger partial charge in [0.25, 0.3) is 5.24 Å². The van der Waals surface area contributed by atoms with Crippen molar-refractivity contribution in [1.82, 2.24) is 9.80 Å². The van der Waals surface area contributed by atoms with Crippen molar-refractivity contribution in [3.63, 3.8) is 0 Å². The summed E-state index contributed by atoms with van der Waals surface area (Å²) in [5.41, 5.74) is 4.75. The Kier molecular flexibility index (Phi) is 8.59. The number of halogens is 2. The van der Waals surface area contributed by atoms with Crippen LogP contribution in [0.1, 0.15) is 22.7 Å². The maximum atomic E-state index is 13.1. The van der Waals surface area contributed by atoms with Crippen LogP contribution in [0.5, 0.6) is 0 Å². The molecule has 5 rings (SSSR count). The molecule has 2 fully saturated rings. The van der Waals surface area contributed by atoms with E-state index in [0.717, 1.165) is 28.0 Å². The van der Waals surface area contributed by atoms with Gasteiger partial charge < -0.3 is 9.80 Å². The van der Waals surface area contributed by atoms with Gasteiger partial charge in [0.1, 0.15) is 0 Å². The first-order chi connectivity index (χ1) is 18.7. The molecule has 2 aliphatic rings. The van der Waals surface area contributed by atoms with E-state index in [-0.39, 0.29) is 17.0 Å². The molecule has 0 aliphatic carbocycles. The van der Waals surface area contributed by atoms with Gasteiger partial charge in [-0.2, -0.15) is 0 Å². The minimum atomic E-state index is -3.46. The zero-order valence-corrected chi connectivity index (χ0v) is 24.4. The highest BCUT2D eigenvalue weighted by molar-refractivity contribution is 7.96. The number of amides is 1. The normalized spacial score (nSPS) is 16.4. The lowest BCUT2D eigenvalue weighted by atomic mass is 9.93. The fraction of sp³-hybridized carbons (Fsp3) is 0.276. The van der Waals surface area contributed by atoms with Crippen molar-refractivity contribution in [3.8, 4) is 0 Å². The second kappa shape index (κ2) is 11.9. The number of nitrogens with zero attached hydrogens (tertiary/aromatic N) is 3. The first-order valence-electron chi connectivity index (χ1n) is 12.7. The van der Waals surface area contributed by atoms with Crippen LogP contribution in [0.25, 0.3) is 0 Å². The summed E-state index contributed by atoms with van der Waals surface area (Å²) in [6, 6.07) is 23.1. The topological polar surface area (TPSA) is 60.9 Å². The molecule has 3 aromatic rings. The maximum Gasteiger partial charge on any atom is 0.278 e. The van der Waals surface area contributed by atoms with Crippen LogP contribution in [0.15, 0.2) is 83.8 Å². The third-order valence-electron chi connectivity index (χ3n) is 7.09. The third-order valence-corrected chi connectivity index (χ3v) is 9.30. The van der Waals surface area contributed by atoms with Gasteiger partial charge in [-0.1, -0.05) is 72.2 Å². The first-order valence-corrected chi connectivity index (χ1v) is 15.6. The number of carbonyl (C=O) groups is 1. The van der Waals surface area contributed by atoms with Gasteiger partial charge in [0.05, 0.1) is 11.8 Å². The Labute approximate surface area is 245 Å². The second-order valence-corrected chi connectivity index (χ2v) is 13.0. The molecule has 0 bridgehead atoms. The van der Waals surface area contributed by atoms with E-state index in [1.54, 1.807) is 4.90 Å². The molecular formula is C29H29Cl2N3O3S2. The minimum Gasteiger partial charge on any atom is -0.368 e. The third kappa shape index (κ3) is 6.99. The number of carbonyl (C=O) groups excluding carboxylic acids is 1. The summed E-state index contributed by atoms with van der Waals surface area (Å²) in [7, 11) is -3.46. The first kappa shape index (κ1) is 28.1. The summed E-state index contributed by atoms with van der Waals surface area (Å²) < 4.78 is 26.2. The zero-order valence-electron chi connectivity index (χ0n) is 21.2. The van der Waals surface area contributed by atoms with Crippen molar-refractivity contribution in [2.75, 3.05) is 44.2 Å². The van der Waals surface area contributed by atoms with Crippen LogP contribution in [-0.4, -0.2) is 62.7 Å². The Bertz CT molecular complexity index is 1420. The van der Waals surface area contributed by atoms with Gasteiger partial charge in [0, 0.05) is 60.4 Å². The van der Waals surface area contributed by atoms with Gasteiger partial charge in [-0.3, -0.25) is 9.69 Å². The number of benzene rings is 3. The van der Waals surface area contributed by atoms with Gasteiger partial charge in [-0.25, -0.2) is 8.42 Å². The quantitative estimate of drug-likeness (QED) is 0.333. The summed E-state index contributed by atoms with van der Waals surface area (Å²) in [6.45, 7) is 3.68. The van der Waals surface area contributed by atoms with Gasteiger partial charge in [-0.15, -0.1) is 0 Å². The zero-order chi connectivity index (χ0) is 27.6. The molecule has 0 spiro atoms. The summed E-state index contributed by atoms with van der Waals surface area (Å²) in [6.07, 6.45) is 0. The Morgan fingerprint density at radius 1 is 0.872 bits per heavy atom. The molecule has 2 saturated heterocycles. The highest BCUT2D eigenvalue weighted by Crippen LogP contribution is 2.35. The summed E-state index contributed by atoms with van der Waals surface area (Å²) >= 11 is 16.1. The fourth-order valence-electron chi connectivity index (χ4n) is 5.16. The number of hydrogen-bond acceptors (Lipinski definition) is 5. The maximum absolute atomic E-state index is 13.1. The summed E-state index contributed by atoms with van der Waals surface area (Å²) in [4.78, 5) is 17.6. The molecule has 2 heterocycles. The van der Waals surface area contributed by atoms with Crippen LogP contribution in [-0.2, 0) is 15.6 Å². The van der Waals surface area contributed by atoms with E-state index in [4.69, 9.17) is 23.2 Å². The number of likely N-dealkylation sites (tertiary alicyclic amines) is 1. The van der Waals surface area contributed by atoms with E-state index in [1.165, 1.54) is 5.41 Å². The Balaban J connectivity index is 1.26. The monoisotopic (exact) mass is 601 g/mol. The van der Waals surface area contributed by atoms with Crippen LogP contribution in [0.4, 0.5) is 10.5 Å². The Morgan fingerprint density at radius 3 is 1.97 bits per heavy atom. The Hall–Kier alpha value is -2.49. The largest absolute Gasteiger partial charge is 0.368 e. The smallest absolute Gasteiger partial charge is 0.278 e. The lowest BCUT2D eigenvalue weighted by Gasteiger charge is -2.41. The van der Waals surface area contributed by atoms with Crippen LogP contribution in [0.3, 0.4) is 0 Å². The number of hydrogen-bond donors (Lipinski definition) is 1. The molecular weight excluding hydrogens is 573 g/mol. The van der Waals surface area contributed by atoms with E-state index in [2.05, 4.69) is 22.4 Å². The fourth-order valence-corrected chi connectivity index (χ4v) is 7.00. The molecule has 0 radical (unpaired) electrons. The van der Waals surface area contributed by atoms with Crippen molar-refractivity contribution >= 4 is 56.6 Å². The number of piperazine rings is 1. The van der Waals surface area contributed by atoms with Crippen LogP contribution in [0.2, 0.25) is 10.0 Å². The molecule has 10 heteroatoms. The highest BCUT2D eigenvalue weighted by Gasteiger charge is 2.31. The van der Waals surface area contributed by atoms with E-state index < -0.39 is 9.84 Å². The van der Waals surface area contributed by atoms with Crippen molar-refractivity contribution < 1.29 is 13.2 Å². The predicted octanol–water partition coefficient (Wildman–Crippen LogP) is 6.07. The number of sulfone groups is 1.